The molecule has 1 atom stereocenters. The molecule has 1 N–H and O–H groups in total. The molecular weight excluding hydrogens is 270 g/mol. The molecule has 0 fully saturated rings. The number of hydrogen-bond acceptors (Lipinski definition) is 5. The summed E-state index contributed by atoms with van der Waals surface area (Å²) in [6, 6.07) is 10.6. The Hall–Kier alpha value is -2.27. The van der Waals surface area contributed by atoms with Crippen molar-refractivity contribution in [1.82, 2.24) is 4.90 Å². The molecule has 5 nitrogen and oxygen atoms in total. The third-order valence-electron chi connectivity index (χ3n) is 3.47. The smallest absolute Gasteiger partial charge is 0.373 e. The van der Waals surface area contributed by atoms with Crippen molar-refractivity contribution in [3.8, 4) is 5.75 Å². The highest BCUT2D eigenvalue weighted by Gasteiger charge is 2.16. The number of aromatic hydroxyl groups is 1. The first kappa shape index (κ1) is 15.1. The summed E-state index contributed by atoms with van der Waals surface area (Å²) >= 11 is 0. The van der Waals surface area contributed by atoms with Crippen LogP contribution >= 0.6 is 0 Å². The van der Waals surface area contributed by atoms with Crippen molar-refractivity contribution >= 4 is 5.97 Å². The minimum Gasteiger partial charge on any atom is -0.508 e. The topological polar surface area (TPSA) is 62.9 Å². The van der Waals surface area contributed by atoms with Gasteiger partial charge in [0, 0.05) is 6.04 Å². The minimum atomic E-state index is -0.482. The maximum atomic E-state index is 11.3. The number of esters is 1. The molecule has 0 saturated carbocycles. The van der Waals surface area contributed by atoms with Gasteiger partial charge >= 0.3 is 5.97 Å². The molecule has 0 spiro atoms. The third-order valence-corrected chi connectivity index (χ3v) is 3.47. The lowest BCUT2D eigenvalue weighted by Crippen LogP contribution is -2.21. The normalized spacial score (nSPS) is 12.4. The average Bonchev–Trinajstić information content (AvgIpc) is 2.94. The van der Waals surface area contributed by atoms with Crippen LogP contribution in [0.15, 0.2) is 40.8 Å². The van der Waals surface area contributed by atoms with E-state index in [0.717, 1.165) is 5.56 Å². The lowest BCUT2D eigenvalue weighted by atomic mass is 10.1. The first-order valence-electron chi connectivity index (χ1n) is 6.67. The van der Waals surface area contributed by atoms with Crippen LogP contribution in [0.2, 0.25) is 0 Å². The predicted molar refractivity (Wildman–Crippen MR) is 78.0 cm³/mol. The molecule has 112 valence electrons. The van der Waals surface area contributed by atoms with Crippen LogP contribution in [0.5, 0.6) is 5.75 Å². The molecule has 5 heteroatoms. The molecule has 0 unspecified atom stereocenters. The molecule has 2 aromatic rings. The van der Waals surface area contributed by atoms with Gasteiger partial charge in [0.1, 0.15) is 11.5 Å². The first-order chi connectivity index (χ1) is 10.0. The SMILES string of the molecule is COC(=O)c1ccc(CN(C)[C@H](C)c2cccc(O)c2)o1. The predicted octanol–water partition coefficient (Wildman–Crippen LogP) is 2.96. The van der Waals surface area contributed by atoms with E-state index in [9.17, 15) is 9.90 Å². The number of furan rings is 1. The van der Waals surface area contributed by atoms with Gasteiger partial charge in [0.2, 0.25) is 5.76 Å². The molecule has 21 heavy (non-hydrogen) atoms. The number of benzene rings is 1. The number of phenolic OH excluding ortho intramolecular Hbond substituents is 1. The highest BCUT2D eigenvalue weighted by Crippen LogP contribution is 2.24. The van der Waals surface area contributed by atoms with E-state index in [0.29, 0.717) is 12.3 Å². The molecule has 2 rings (SSSR count). The van der Waals surface area contributed by atoms with E-state index in [2.05, 4.69) is 9.64 Å². The average molecular weight is 289 g/mol. The van der Waals surface area contributed by atoms with Gasteiger partial charge in [-0.05, 0) is 43.8 Å². The molecule has 0 amide bonds. The largest absolute Gasteiger partial charge is 0.508 e. The Morgan fingerprint density at radius 1 is 1.38 bits per heavy atom. The number of nitrogens with zero attached hydrogens (tertiary/aromatic N) is 1. The van der Waals surface area contributed by atoms with Gasteiger partial charge in [-0.15, -0.1) is 0 Å². The van der Waals surface area contributed by atoms with E-state index in [1.807, 2.05) is 26.1 Å². The van der Waals surface area contributed by atoms with Gasteiger partial charge in [0.25, 0.3) is 0 Å². The van der Waals surface area contributed by atoms with Gasteiger partial charge in [0.05, 0.1) is 13.7 Å². The summed E-state index contributed by atoms with van der Waals surface area (Å²) in [4.78, 5) is 13.4. The third kappa shape index (κ3) is 3.64. The molecular formula is C16H19NO4. The van der Waals surface area contributed by atoms with E-state index in [4.69, 9.17) is 4.42 Å². The second-order valence-electron chi connectivity index (χ2n) is 4.94. The Balaban J connectivity index is 2.05. The fourth-order valence-corrected chi connectivity index (χ4v) is 2.10. The van der Waals surface area contributed by atoms with Crippen molar-refractivity contribution < 1.29 is 19.1 Å². The van der Waals surface area contributed by atoms with Crippen molar-refractivity contribution in [1.29, 1.82) is 0 Å². The van der Waals surface area contributed by atoms with Crippen LogP contribution in [0, 0.1) is 0 Å². The second kappa shape index (κ2) is 6.45. The fourth-order valence-electron chi connectivity index (χ4n) is 2.10. The first-order valence-corrected chi connectivity index (χ1v) is 6.67. The lowest BCUT2D eigenvalue weighted by Gasteiger charge is -2.24. The number of hydrogen-bond donors (Lipinski definition) is 1. The van der Waals surface area contributed by atoms with Gasteiger partial charge in [-0.1, -0.05) is 12.1 Å². The highest BCUT2D eigenvalue weighted by molar-refractivity contribution is 5.86. The quantitative estimate of drug-likeness (QED) is 0.857. The van der Waals surface area contributed by atoms with Crippen molar-refractivity contribution in [3.63, 3.8) is 0 Å². The summed E-state index contributed by atoms with van der Waals surface area (Å²) in [6.45, 7) is 2.59. The molecule has 0 saturated heterocycles. The summed E-state index contributed by atoms with van der Waals surface area (Å²) in [5.74, 6) is 0.652. The van der Waals surface area contributed by atoms with Crippen LogP contribution in [0.4, 0.5) is 0 Å². The second-order valence-corrected chi connectivity index (χ2v) is 4.94. The van der Waals surface area contributed by atoms with E-state index >= 15 is 0 Å². The Bertz CT molecular complexity index is 620. The monoisotopic (exact) mass is 289 g/mol. The molecule has 0 aliphatic heterocycles. The van der Waals surface area contributed by atoms with E-state index < -0.39 is 5.97 Å². The fraction of sp³-hybridized carbons (Fsp3) is 0.312. The zero-order valence-electron chi connectivity index (χ0n) is 12.4. The lowest BCUT2D eigenvalue weighted by molar-refractivity contribution is 0.0561. The molecule has 0 aliphatic rings. The molecule has 1 aromatic carbocycles. The van der Waals surface area contributed by atoms with Gasteiger partial charge < -0.3 is 14.3 Å². The van der Waals surface area contributed by atoms with Crippen LogP contribution in [-0.4, -0.2) is 30.1 Å². The number of methoxy groups -OCH3 is 1. The number of carbonyl (C=O) groups is 1. The van der Waals surface area contributed by atoms with Crippen molar-refractivity contribution in [2.75, 3.05) is 14.2 Å². The van der Waals surface area contributed by atoms with Crippen LogP contribution < -0.4 is 0 Å². The summed E-state index contributed by atoms with van der Waals surface area (Å²) in [5, 5.41) is 9.54. The van der Waals surface area contributed by atoms with Crippen molar-refractivity contribution in [2.45, 2.75) is 19.5 Å². The van der Waals surface area contributed by atoms with E-state index in [1.165, 1.54) is 7.11 Å². The van der Waals surface area contributed by atoms with Gasteiger partial charge in [-0.25, -0.2) is 4.79 Å². The summed E-state index contributed by atoms with van der Waals surface area (Å²) < 4.78 is 10.1. The Labute approximate surface area is 123 Å². The van der Waals surface area contributed by atoms with E-state index in [-0.39, 0.29) is 17.6 Å². The maximum absolute atomic E-state index is 11.3. The number of ether oxygens (including phenoxy) is 1. The Morgan fingerprint density at radius 3 is 2.81 bits per heavy atom. The molecule has 0 bridgehead atoms. The van der Waals surface area contributed by atoms with Crippen LogP contribution in [0.3, 0.4) is 0 Å². The standard InChI is InChI=1S/C16H19NO4/c1-11(12-5-4-6-13(18)9-12)17(2)10-14-7-8-15(21-14)16(19)20-3/h4-9,11,18H,10H2,1-3H3/t11-/m1/s1. The van der Waals surface area contributed by atoms with Gasteiger partial charge in [-0.3, -0.25) is 4.90 Å². The van der Waals surface area contributed by atoms with Crippen molar-refractivity contribution in [3.05, 3.63) is 53.5 Å². The van der Waals surface area contributed by atoms with Crippen LogP contribution in [0.25, 0.3) is 0 Å². The molecule has 1 aromatic heterocycles. The number of phenols is 1. The Morgan fingerprint density at radius 2 is 2.14 bits per heavy atom. The molecule has 1 heterocycles. The van der Waals surface area contributed by atoms with Gasteiger partial charge in [0.15, 0.2) is 0 Å². The summed E-state index contributed by atoms with van der Waals surface area (Å²) in [7, 11) is 3.27. The van der Waals surface area contributed by atoms with Crippen LogP contribution in [0.1, 0.15) is 34.8 Å². The summed E-state index contributed by atoms with van der Waals surface area (Å²) in [6.07, 6.45) is 0. The zero-order valence-corrected chi connectivity index (χ0v) is 12.4. The molecule has 0 aliphatic carbocycles. The Kier molecular flexibility index (Phi) is 4.65. The van der Waals surface area contributed by atoms with Gasteiger partial charge in [-0.2, -0.15) is 0 Å². The highest BCUT2D eigenvalue weighted by atomic mass is 16.5. The minimum absolute atomic E-state index is 0.101. The van der Waals surface area contributed by atoms with Crippen LogP contribution in [-0.2, 0) is 11.3 Å². The van der Waals surface area contributed by atoms with E-state index in [1.54, 1.807) is 24.3 Å². The zero-order chi connectivity index (χ0) is 15.4. The van der Waals surface area contributed by atoms with Crippen molar-refractivity contribution in [2.24, 2.45) is 0 Å². The number of rotatable bonds is 5. The molecule has 0 radical (unpaired) electrons. The maximum Gasteiger partial charge on any atom is 0.373 e. The number of carbonyl (C=O) groups excluding carboxylic acids is 1. The summed E-state index contributed by atoms with van der Waals surface area (Å²) in [5.41, 5.74) is 1.01.